The van der Waals surface area contributed by atoms with Gasteiger partial charge in [-0.25, -0.2) is 0 Å². The van der Waals surface area contributed by atoms with Gasteiger partial charge in [-0.3, -0.25) is 0 Å². The molecule has 0 aromatic heterocycles. The summed E-state index contributed by atoms with van der Waals surface area (Å²) in [5, 5.41) is 0. The number of halogens is 1. The molecule has 0 N–H and O–H groups in total. The Kier molecular flexibility index (Phi) is 25.7. The van der Waals surface area contributed by atoms with Crippen LogP contribution in [0.5, 0.6) is 0 Å². The summed E-state index contributed by atoms with van der Waals surface area (Å²) in [6, 6.07) is 0. The third-order valence-corrected chi connectivity index (χ3v) is 0. The summed E-state index contributed by atoms with van der Waals surface area (Å²) >= 11 is 0. The van der Waals surface area contributed by atoms with E-state index in [0.29, 0.717) is 0 Å². The van der Waals surface area contributed by atoms with Gasteiger partial charge in [-0.15, -0.1) is 0 Å². The van der Waals surface area contributed by atoms with E-state index in [0.717, 1.165) is 0 Å². The van der Waals surface area contributed by atoms with Gasteiger partial charge in [0, 0.05) is 4.70 Å². The summed E-state index contributed by atoms with van der Waals surface area (Å²) in [4.78, 5) is 25.6. The minimum Gasteiger partial charge on any atom is -0.822 e. The van der Waals surface area contributed by atoms with Crippen LogP contribution in [0.15, 0.2) is 0 Å². The van der Waals surface area contributed by atoms with Crippen molar-refractivity contribution in [1.82, 2.24) is 0 Å². The molecule has 0 unspecified atom stereocenters. The van der Waals surface area contributed by atoms with Gasteiger partial charge in [-0.05, 0) is 0 Å². The van der Waals surface area contributed by atoms with Crippen LogP contribution < -0.4 is 66.1 Å². The molecule has 0 heterocycles. The topological polar surface area (TPSA) is 86.2 Å². The second-order valence-corrected chi connectivity index (χ2v) is 1.34. The molecule has 8 heavy (non-hydrogen) atoms. The van der Waals surface area contributed by atoms with Crippen molar-refractivity contribution in [3.05, 3.63) is 0 Å². The average Bonchev–Trinajstić information content (AvgIpc) is 0.722. The first-order chi connectivity index (χ1) is 2.00. The normalized spacial score (nSPS) is 7.38. The predicted molar refractivity (Wildman–Crippen MR) is 8.71 cm³/mol. The molecule has 0 bridgehead atoms. The molecule has 4 nitrogen and oxygen atoms in total. The van der Waals surface area contributed by atoms with Crippen LogP contribution in [0.4, 0.5) is 4.70 Å². The van der Waals surface area contributed by atoms with Crippen molar-refractivity contribution in [3.63, 3.8) is 0 Å². The molecule has 0 aliphatic heterocycles. The van der Waals surface area contributed by atoms with E-state index in [1.165, 1.54) is 0 Å². The van der Waals surface area contributed by atoms with Gasteiger partial charge in [0.2, 0.25) is 0 Å². The van der Waals surface area contributed by atoms with Gasteiger partial charge in [0.15, 0.2) is 0 Å². The van der Waals surface area contributed by atoms with Crippen molar-refractivity contribution in [2.45, 2.75) is 0 Å². The molecule has 0 aromatic rings. The molecular weight excluding hydrogens is 212 g/mol. The number of phosphoric acid groups is 1. The Morgan fingerprint density at radius 2 is 1.12 bits per heavy atom. The molecule has 0 aliphatic rings. The van der Waals surface area contributed by atoms with E-state index >= 15 is 0 Å². The second kappa shape index (κ2) is 9.17. The number of rotatable bonds is 0. The van der Waals surface area contributed by atoms with Crippen molar-refractivity contribution in [2.75, 3.05) is 0 Å². The molecule has 0 amide bonds. The number of hydrogen-bond acceptors (Lipinski definition) is 4. The molecular formula is FKNiO4P. The predicted octanol–water partition coefficient (Wildman–Crippen LogP) is -5.40. The quantitative estimate of drug-likeness (QED) is 0.296. The van der Waals surface area contributed by atoms with Crippen molar-refractivity contribution >= 4 is 7.82 Å². The molecule has 1 radical (unpaired) electrons. The summed E-state index contributed by atoms with van der Waals surface area (Å²) in [6.45, 7) is 0. The zero-order valence-corrected chi connectivity index (χ0v) is 8.78. The van der Waals surface area contributed by atoms with Crippen LogP contribution in [-0.4, -0.2) is 0 Å². The standard InChI is InChI=1S/F.K.Ni.H3O4P/c;;;1-5(2,3)4/h;;;(H3,1,2,3,4)/q;+1;+2;/p-3. The maximum Gasteiger partial charge on any atom is 2.00 e. The Morgan fingerprint density at radius 3 is 1.12 bits per heavy atom. The summed E-state index contributed by atoms with van der Waals surface area (Å²) in [7, 11) is -5.39. The van der Waals surface area contributed by atoms with Crippen molar-refractivity contribution < 1.29 is 91.8 Å². The molecule has 0 atom stereocenters. The van der Waals surface area contributed by atoms with Crippen molar-refractivity contribution in [1.29, 1.82) is 0 Å². The van der Waals surface area contributed by atoms with Crippen LogP contribution in [0.25, 0.3) is 0 Å². The maximum atomic E-state index is 8.55. The van der Waals surface area contributed by atoms with Crippen LogP contribution in [0.1, 0.15) is 0 Å². The Hall–Kier alpha value is 2.17. The van der Waals surface area contributed by atoms with Crippen LogP contribution in [0, 0.1) is 0 Å². The SMILES string of the molecule is O=P([O-])([O-])[O-].[F].[K+].[Ni+2]. The Labute approximate surface area is 98.0 Å². The summed E-state index contributed by atoms with van der Waals surface area (Å²) in [6.07, 6.45) is 0. The van der Waals surface area contributed by atoms with E-state index in [4.69, 9.17) is 19.2 Å². The van der Waals surface area contributed by atoms with Gasteiger partial charge in [0.05, 0.1) is 0 Å². The van der Waals surface area contributed by atoms with Gasteiger partial charge < -0.3 is 19.2 Å². The average molecular weight is 212 g/mol. The van der Waals surface area contributed by atoms with Gasteiger partial charge in [-0.2, -0.15) is 7.82 Å². The number of hydrogen-bond donors (Lipinski definition) is 0. The second-order valence-electron chi connectivity index (χ2n) is 0.447. The molecule has 0 aromatic carbocycles. The minimum absolute atomic E-state index is 0. The monoisotopic (exact) mass is 211 g/mol. The molecule has 8 heteroatoms. The molecule has 0 aliphatic carbocycles. The Balaban J connectivity index is -0.0000000267. The van der Waals surface area contributed by atoms with Crippen LogP contribution in [0.3, 0.4) is 0 Å². The molecule has 0 fully saturated rings. The molecule has 0 saturated carbocycles. The minimum atomic E-state index is -5.39. The van der Waals surface area contributed by atoms with Crippen LogP contribution in [0.2, 0.25) is 0 Å². The van der Waals surface area contributed by atoms with E-state index in [9.17, 15) is 0 Å². The largest absolute Gasteiger partial charge is 2.00 e. The van der Waals surface area contributed by atoms with Gasteiger partial charge >= 0.3 is 67.9 Å². The summed E-state index contributed by atoms with van der Waals surface area (Å²) in [5.74, 6) is 0. The van der Waals surface area contributed by atoms with Crippen molar-refractivity contribution in [2.24, 2.45) is 0 Å². The summed E-state index contributed by atoms with van der Waals surface area (Å²) in [5.41, 5.74) is 0. The van der Waals surface area contributed by atoms with E-state index in [-0.39, 0.29) is 72.6 Å². The fraction of sp³-hybridized carbons (Fsp3) is 0. The Morgan fingerprint density at radius 1 is 1.12 bits per heavy atom. The fourth-order valence-corrected chi connectivity index (χ4v) is 0. The van der Waals surface area contributed by atoms with E-state index < -0.39 is 7.82 Å². The molecule has 47 valence electrons. The Bertz CT molecular complexity index is 62.2. The van der Waals surface area contributed by atoms with E-state index in [1.807, 2.05) is 0 Å². The third-order valence-electron chi connectivity index (χ3n) is 0. The first kappa shape index (κ1) is 22.5. The zero-order valence-electron chi connectivity index (χ0n) is 3.77. The first-order valence-electron chi connectivity index (χ1n) is 0.730. The van der Waals surface area contributed by atoms with Crippen LogP contribution in [-0.2, 0) is 21.1 Å². The van der Waals surface area contributed by atoms with Gasteiger partial charge in [-0.1, -0.05) is 0 Å². The molecule has 0 spiro atoms. The van der Waals surface area contributed by atoms with Crippen molar-refractivity contribution in [3.8, 4) is 0 Å². The van der Waals surface area contributed by atoms with Gasteiger partial charge in [0.25, 0.3) is 0 Å². The third kappa shape index (κ3) is 89.2. The summed E-state index contributed by atoms with van der Waals surface area (Å²) < 4.78 is 8.55. The van der Waals surface area contributed by atoms with E-state index in [2.05, 4.69) is 0 Å². The maximum absolute atomic E-state index is 8.55. The molecule has 0 rings (SSSR count). The fourth-order valence-electron chi connectivity index (χ4n) is 0. The molecule has 0 saturated heterocycles. The zero-order chi connectivity index (χ0) is 4.50. The van der Waals surface area contributed by atoms with Crippen LogP contribution >= 0.6 is 7.82 Å². The smallest absolute Gasteiger partial charge is 0.822 e. The van der Waals surface area contributed by atoms with E-state index in [1.54, 1.807) is 0 Å². The first-order valence-corrected chi connectivity index (χ1v) is 2.19. The van der Waals surface area contributed by atoms with Gasteiger partial charge in [0.1, 0.15) is 0 Å².